The van der Waals surface area contributed by atoms with Gasteiger partial charge < -0.3 is 15.4 Å². The van der Waals surface area contributed by atoms with Crippen LogP contribution in [0.25, 0.3) is 10.4 Å². The molecule has 3 rings (SSSR count). The number of carbonyl (C=O) groups excluding carboxylic acids is 3. The zero-order chi connectivity index (χ0) is 21.5. The van der Waals surface area contributed by atoms with Crippen LogP contribution in [0.2, 0.25) is 0 Å². The largest absolute Gasteiger partial charge is 0.468 e. The van der Waals surface area contributed by atoms with Crippen molar-refractivity contribution < 1.29 is 19.1 Å². The van der Waals surface area contributed by atoms with E-state index in [0.29, 0.717) is 10.6 Å². The van der Waals surface area contributed by atoms with E-state index < -0.39 is 5.97 Å². The molecule has 0 saturated carbocycles. The van der Waals surface area contributed by atoms with E-state index in [1.54, 1.807) is 30.3 Å². The lowest BCUT2D eigenvalue weighted by Crippen LogP contribution is -2.31. The molecule has 0 unspecified atom stereocenters. The molecule has 0 saturated heterocycles. The highest BCUT2D eigenvalue weighted by atomic mass is 79.9. The van der Waals surface area contributed by atoms with Crippen molar-refractivity contribution in [1.82, 2.24) is 5.32 Å². The number of hydrogen-bond acceptors (Lipinski definition) is 5. The molecule has 1 heterocycles. The second-order valence-corrected chi connectivity index (χ2v) is 8.35. The Kier molecular flexibility index (Phi) is 7.37. The van der Waals surface area contributed by atoms with Crippen LogP contribution in [0.3, 0.4) is 0 Å². The van der Waals surface area contributed by atoms with Gasteiger partial charge in [0.25, 0.3) is 5.91 Å². The average molecular weight is 487 g/mol. The van der Waals surface area contributed by atoms with Crippen LogP contribution in [0.1, 0.15) is 15.2 Å². The van der Waals surface area contributed by atoms with E-state index >= 15 is 0 Å². The van der Waals surface area contributed by atoms with Gasteiger partial charge in [-0.2, -0.15) is 0 Å². The molecule has 154 valence electrons. The van der Waals surface area contributed by atoms with E-state index in [9.17, 15) is 14.4 Å². The van der Waals surface area contributed by atoms with Gasteiger partial charge in [0.2, 0.25) is 5.91 Å². The number of halogens is 1. The van der Waals surface area contributed by atoms with Crippen molar-refractivity contribution in [1.29, 1.82) is 0 Å². The summed E-state index contributed by atoms with van der Waals surface area (Å²) in [5, 5.41) is 5.35. The molecule has 0 atom stereocenters. The number of ether oxygens (including phenoxy) is 1. The standard InChI is InChI=1S/C22H19BrN2O4S/c1-29-21(27)13-24-20(26)12-14-2-8-17(9-3-14)25-22(28)19-11-10-18(30-19)15-4-6-16(23)7-5-15/h2-11H,12-13H2,1H3,(H,24,26)(H,25,28). The fourth-order valence-corrected chi connectivity index (χ4v) is 3.79. The number of hydrogen-bond donors (Lipinski definition) is 2. The van der Waals surface area contributed by atoms with Crippen molar-refractivity contribution in [2.24, 2.45) is 0 Å². The van der Waals surface area contributed by atoms with E-state index in [1.807, 2.05) is 30.3 Å². The number of nitrogens with one attached hydrogen (secondary N) is 2. The van der Waals surface area contributed by atoms with Gasteiger partial charge in [0.05, 0.1) is 18.4 Å². The third-order valence-corrected chi connectivity index (χ3v) is 5.85. The molecule has 0 radical (unpaired) electrons. The number of benzene rings is 2. The first-order valence-electron chi connectivity index (χ1n) is 9.04. The van der Waals surface area contributed by atoms with Gasteiger partial charge in [0.1, 0.15) is 6.54 Å². The number of rotatable bonds is 7. The van der Waals surface area contributed by atoms with Crippen molar-refractivity contribution in [2.45, 2.75) is 6.42 Å². The summed E-state index contributed by atoms with van der Waals surface area (Å²) in [5.41, 5.74) is 2.46. The summed E-state index contributed by atoms with van der Waals surface area (Å²) in [7, 11) is 1.26. The van der Waals surface area contributed by atoms with Crippen molar-refractivity contribution in [3.8, 4) is 10.4 Å². The lowest BCUT2D eigenvalue weighted by molar-refractivity contribution is -0.141. The Bertz CT molecular complexity index is 1050. The van der Waals surface area contributed by atoms with E-state index in [0.717, 1.165) is 20.5 Å². The molecular weight excluding hydrogens is 468 g/mol. The number of amides is 2. The average Bonchev–Trinajstić information content (AvgIpc) is 3.24. The summed E-state index contributed by atoms with van der Waals surface area (Å²) in [4.78, 5) is 37.0. The first kappa shape index (κ1) is 21.7. The minimum Gasteiger partial charge on any atom is -0.468 e. The van der Waals surface area contributed by atoms with Gasteiger partial charge in [-0.1, -0.05) is 40.2 Å². The molecule has 0 bridgehead atoms. The highest BCUT2D eigenvalue weighted by Crippen LogP contribution is 2.29. The lowest BCUT2D eigenvalue weighted by Gasteiger charge is -2.06. The van der Waals surface area contributed by atoms with Gasteiger partial charge in [-0.15, -0.1) is 11.3 Å². The zero-order valence-electron chi connectivity index (χ0n) is 16.1. The van der Waals surface area contributed by atoms with E-state index in [4.69, 9.17) is 0 Å². The molecule has 6 nitrogen and oxygen atoms in total. The maximum atomic E-state index is 12.5. The van der Waals surface area contributed by atoms with Crippen molar-refractivity contribution >= 4 is 50.7 Å². The van der Waals surface area contributed by atoms with Gasteiger partial charge in [0, 0.05) is 15.0 Å². The molecule has 8 heteroatoms. The van der Waals surface area contributed by atoms with Crippen LogP contribution in [0, 0.1) is 0 Å². The minimum absolute atomic E-state index is 0.132. The van der Waals surface area contributed by atoms with Crippen LogP contribution in [-0.4, -0.2) is 31.4 Å². The van der Waals surface area contributed by atoms with Gasteiger partial charge in [-0.25, -0.2) is 0 Å². The van der Waals surface area contributed by atoms with Gasteiger partial charge in [-0.3, -0.25) is 14.4 Å². The van der Waals surface area contributed by atoms with Crippen molar-refractivity contribution in [2.75, 3.05) is 19.0 Å². The van der Waals surface area contributed by atoms with Crippen molar-refractivity contribution in [3.05, 3.63) is 75.6 Å². The first-order chi connectivity index (χ1) is 14.4. The molecule has 2 amide bonds. The van der Waals surface area contributed by atoms with Gasteiger partial charge in [-0.05, 0) is 47.5 Å². The molecule has 0 aliphatic rings. The van der Waals surface area contributed by atoms with E-state index in [-0.39, 0.29) is 24.8 Å². The molecule has 1 aromatic heterocycles. The third-order valence-electron chi connectivity index (χ3n) is 4.19. The summed E-state index contributed by atoms with van der Waals surface area (Å²) in [6.45, 7) is -0.160. The van der Waals surface area contributed by atoms with Crippen LogP contribution in [0.4, 0.5) is 5.69 Å². The topological polar surface area (TPSA) is 84.5 Å². The maximum Gasteiger partial charge on any atom is 0.325 e. The summed E-state index contributed by atoms with van der Waals surface area (Å²) in [6, 6.07) is 18.7. The summed E-state index contributed by atoms with van der Waals surface area (Å²) in [5.74, 6) is -0.971. The molecule has 0 spiro atoms. The van der Waals surface area contributed by atoms with E-state index in [2.05, 4.69) is 31.3 Å². The predicted molar refractivity (Wildman–Crippen MR) is 121 cm³/mol. The molecule has 0 fully saturated rings. The normalized spacial score (nSPS) is 10.3. The zero-order valence-corrected chi connectivity index (χ0v) is 18.5. The maximum absolute atomic E-state index is 12.5. The first-order valence-corrected chi connectivity index (χ1v) is 10.6. The fraction of sp³-hybridized carbons (Fsp3) is 0.136. The molecule has 2 N–H and O–H groups in total. The molecule has 2 aromatic carbocycles. The fourth-order valence-electron chi connectivity index (χ4n) is 2.62. The third kappa shape index (κ3) is 6.01. The number of methoxy groups -OCH3 is 1. The monoisotopic (exact) mass is 486 g/mol. The minimum atomic E-state index is -0.502. The Hall–Kier alpha value is -2.97. The number of anilines is 1. The second-order valence-electron chi connectivity index (χ2n) is 6.35. The summed E-state index contributed by atoms with van der Waals surface area (Å²) >= 11 is 4.84. The lowest BCUT2D eigenvalue weighted by atomic mass is 10.1. The molecule has 3 aromatic rings. The van der Waals surface area contributed by atoms with Crippen LogP contribution < -0.4 is 10.6 Å². The SMILES string of the molecule is COC(=O)CNC(=O)Cc1ccc(NC(=O)c2ccc(-c3ccc(Br)cc3)s2)cc1. The Morgan fingerprint density at radius 2 is 1.67 bits per heavy atom. The molecular formula is C22H19BrN2O4S. The summed E-state index contributed by atoms with van der Waals surface area (Å²) < 4.78 is 5.48. The quantitative estimate of drug-likeness (QED) is 0.488. The van der Waals surface area contributed by atoms with E-state index in [1.165, 1.54) is 18.4 Å². The summed E-state index contributed by atoms with van der Waals surface area (Å²) in [6.07, 6.45) is 0.132. The molecule has 0 aliphatic carbocycles. The van der Waals surface area contributed by atoms with Crippen LogP contribution in [-0.2, 0) is 20.7 Å². The van der Waals surface area contributed by atoms with Crippen LogP contribution in [0.5, 0.6) is 0 Å². The van der Waals surface area contributed by atoms with Gasteiger partial charge in [0.15, 0.2) is 0 Å². The Morgan fingerprint density at radius 1 is 0.967 bits per heavy atom. The Morgan fingerprint density at radius 3 is 2.33 bits per heavy atom. The highest BCUT2D eigenvalue weighted by Gasteiger charge is 2.11. The number of carbonyl (C=O) groups is 3. The Labute approximate surface area is 186 Å². The number of thiophene rings is 1. The van der Waals surface area contributed by atoms with Crippen LogP contribution in [0.15, 0.2) is 65.1 Å². The molecule has 30 heavy (non-hydrogen) atoms. The highest BCUT2D eigenvalue weighted by molar-refractivity contribution is 9.10. The number of esters is 1. The predicted octanol–water partition coefficient (Wildman–Crippen LogP) is 4.26. The smallest absolute Gasteiger partial charge is 0.325 e. The molecule has 0 aliphatic heterocycles. The Balaban J connectivity index is 1.56. The van der Waals surface area contributed by atoms with Crippen LogP contribution >= 0.6 is 27.3 Å². The second kappa shape index (κ2) is 10.2. The van der Waals surface area contributed by atoms with Gasteiger partial charge >= 0.3 is 5.97 Å². The van der Waals surface area contributed by atoms with Crippen molar-refractivity contribution in [3.63, 3.8) is 0 Å².